The van der Waals surface area contributed by atoms with E-state index >= 15 is 0 Å². The molecule has 0 aliphatic carbocycles. The number of aromatic nitrogens is 3. The molecule has 0 saturated heterocycles. The van der Waals surface area contributed by atoms with Gasteiger partial charge in [-0.25, -0.2) is 9.67 Å². The number of hydrogen-bond donors (Lipinski definition) is 1. The monoisotopic (exact) mass is 298 g/mol. The zero-order valence-electron chi connectivity index (χ0n) is 8.72. The van der Waals surface area contributed by atoms with E-state index in [0.29, 0.717) is 6.54 Å². The Bertz CT molecular complexity index is 497. The maximum atomic E-state index is 5.63. The fraction of sp³-hybridized carbons (Fsp3) is 0.200. The lowest BCUT2D eigenvalue weighted by Crippen LogP contribution is -1.97. The topological polar surface area (TPSA) is 56.7 Å². The summed E-state index contributed by atoms with van der Waals surface area (Å²) < 4.78 is 2.77. The number of hydrogen-bond acceptors (Lipinski definition) is 4. The maximum absolute atomic E-state index is 5.63. The van der Waals surface area contributed by atoms with Crippen molar-refractivity contribution < 1.29 is 0 Å². The van der Waals surface area contributed by atoms with E-state index in [4.69, 9.17) is 5.73 Å². The van der Waals surface area contributed by atoms with Crippen LogP contribution < -0.4 is 5.73 Å². The van der Waals surface area contributed by atoms with Crippen molar-refractivity contribution in [3.63, 3.8) is 0 Å². The average Bonchev–Trinajstić information content (AvgIpc) is 2.63. The Morgan fingerprint density at radius 2 is 2.25 bits per heavy atom. The molecule has 0 aliphatic rings. The standard InChI is InChI=1S/C10H11BrN4S/c1-15-10(13-6-14-15)16-9-3-7(5-12)2-8(11)4-9/h2-4,6H,5,12H2,1H3. The van der Waals surface area contributed by atoms with Crippen molar-refractivity contribution in [1.29, 1.82) is 0 Å². The van der Waals surface area contributed by atoms with E-state index < -0.39 is 0 Å². The second-order valence-corrected chi connectivity index (χ2v) is 5.22. The Morgan fingerprint density at radius 3 is 2.88 bits per heavy atom. The number of aryl methyl sites for hydroxylation is 1. The molecule has 2 aromatic rings. The van der Waals surface area contributed by atoms with E-state index in [-0.39, 0.29) is 0 Å². The molecule has 0 saturated carbocycles. The van der Waals surface area contributed by atoms with Crippen LogP contribution in [0.15, 0.2) is 39.1 Å². The molecule has 16 heavy (non-hydrogen) atoms. The molecular formula is C10H11BrN4S. The highest BCUT2D eigenvalue weighted by Gasteiger charge is 2.05. The molecule has 2 N–H and O–H groups in total. The van der Waals surface area contributed by atoms with Crippen LogP contribution in [0, 0.1) is 0 Å². The average molecular weight is 299 g/mol. The summed E-state index contributed by atoms with van der Waals surface area (Å²) in [6, 6.07) is 6.11. The first-order valence-electron chi connectivity index (χ1n) is 4.70. The summed E-state index contributed by atoms with van der Waals surface area (Å²) in [5, 5.41) is 4.89. The Balaban J connectivity index is 2.28. The lowest BCUT2D eigenvalue weighted by Gasteiger charge is -2.04. The van der Waals surface area contributed by atoms with Gasteiger partial charge in [0.2, 0.25) is 0 Å². The number of rotatable bonds is 3. The molecule has 0 bridgehead atoms. The lowest BCUT2D eigenvalue weighted by molar-refractivity contribution is 0.685. The largest absolute Gasteiger partial charge is 0.326 e. The van der Waals surface area contributed by atoms with Gasteiger partial charge in [-0.05, 0) is 23.8 Å². The van der Waals surface area contributed by atoms with E-state index in [1.54, 1.807) is 22.8 Å². The quantitative estimate of drug-likeness (QED) is 0.944. The van der Waals surface area contributed by atoms with Crippen molar-refractivity contribution in [2.75, 3.05) is 0 Å². The van der Waals surface area contributed by atoms with Gasteiger partial charge in [0.25, 0.3) is 0 Å². The molecule has 0 fully saturated rings. The second-order valence-electron chi connectivity index (χ2n) is 3.27. The van der Waals surface area contributed by atoms with E-state index in [2.05, 4.69) is 32.1 Å². The van der Waals surface area contributed by atoms with Gasteiger partial charge in [-0.2, -0.15) is 5.10 Å². The van der Waals surface area contributed by atoms with Crippen LogP contribution in [0.5, 0.6) is 0 Å². The van der Waals surface area contributed by atoms with Crippen LogP contribution in [0.25, 0.3) is 0 Å². The van der Waals surface area contributed by atoms with Crippen LogP contribution >= 0.6 is 27.7 Å². The van der Waals surface area contributed by atoms with Gasteiger partial charge in [-0.15, -0.1) is 0 Å². The van der Waals surface area contributed by atoms with Crippen LogP contribution in [0.4, 0.5) is 0 Å². The summed E-state index contributed by atoms with van der Waals surface area (Å²) in [5.74, 6) is 0. The number of nitrogens with zero attached hydrogens (tertiary/aromatic N) is 3. The first-order valence-corrected chi connectivity index (χ1v) is 6.31. The molecule has 1 heterocycles. The number of halogens is 1. The molecule has 4 nitrogen and oxygen atoms in total. The highest BCUT2D eigenvalue weighted by molar-refractivity contribution is 9.10. The van der Waals surface area contributed by atoms with Gasteiger partial charge in [0.1, 0.15) is 6.33 Å². The van der Waals surface area contributed by atoms with E-state index in [1.165, 1.54) is 0 Å². The predicted octanol–water partition coefficient (Wildman–Crippen LogP) is 2.19. The van der Waals surface area contributed by atoms with E-state index in [0.717, 1.165) is 20.1 Å². The zero-order valence-corrected chi connectivity index (χ0v) is 11.1. The zero-order chi connectivity index (χ0) is 11.5. The summed E-state index contributed by atoms with van der Waals surface area (Å²) in [6.45, 7) is 0.534. The van der Waals surface area contributed by atoms with Crippen LogP contribution in [0.1, 0.15) is 5.56 Å². The fourth-order valence-corrected chi connectivity index (χ4v) is 2.86. The third-order valence-corrected chi connectivity index (χ3v) is 3.53. The van der Waals surface area contributed by atoms with Gasteiger partial charge in [0, 0.05) is 23.0 Å². The summed E-state index contributed by atoms with van der Waals surface area (Å²) in [7, 11) is 1.87. The van der Waals surface area contributed by atoms with Gasteiger partial charge >= 0.3 is 0 Å². The minimum atomic E-state index is 0.534. The van der Waals surface area contributed by atoms with Crippen molar-refractivity contribution in [1.82, 2.24) is 14.8 Å². The number of benzene rings is 1. The second kappa shape index (κ2) is 4.99. The fourth-order valence-electron chi connectivity index (χ4n) is 1.28. The Kier molecular flexibility index (Phi) is 3.63. The van der Waals surface area contributed by atoms with Crippen molar-refractivity contribution >= 4 is 27.7 Å². The Hall–Kier alpha value is -0.850. The van der Waals surface area contributed by atoms with E-state index in [9.17, 15) is 0 Å². The highest BCUT2D eigenvalue weighted by atomic mass is 79.9. The lowest BCUT2D eigenvalue weighted by atomic mass is 10.2. The van der Waals surface area contributed by atoms with Gasteiger partial charge in [0.05, 0.1) is 0 Å². The van der Waals surface area contributed by atoms with Crippen molar-refractivity contribution in [3.8, 4) is 0 Å². The summed E-state index contributed by atoms with van der Waals surface area (Å²) in [5.41, 5.74) is 6.72. The molecule has 6 heteroatoms. The molecule has 0 radical (unpaired) electrons. The van der Waals surface area contributed by atoms with Crippen LogP contribution in [0.2, 0.25) is 0 Å². The first-order chi connectivity index (χ1) is 7.69. The normalized spacial score (nSPS) is 10.7. The van der Waals surface area contributed by atoms with Gasteiger partial charge in [0.15, 0.2) is 5.16 Å². The SMILES string of the molecule is Cn1ncnc1Sc1cc(Br)cc(CN)c1. The predicted molar refractivity (Wildman–Crippen MR) is 67.2 cm³/mol. The Labute approximate surface area is 106 Å². The molecule has 0 unspecified atom stereocenters. The minimum Gasteiger partial charge on any atom is -0.326 e. The molecule has 0 atom stereocenters. The molecule has 0 aliphatic heterocycles. The molecule has 2 rings (SSSR count). The molecule has 84 valence electrons. The molecule has 1 aromatic heterocycles. The summed E-state index contributed by atoms with van der Waals surface area (Å²) in [4.78, 5) is 5.27. The smallest absolute Gasteiger partial charge is 0.190 e. The molecule has 0 amide bonds. The third-order valence-electron chi connectivity index (χ3n) is 2.05. The number of nitrogens with two attached hydrogens (primary N) is 1. The van der Waals surface area contributed by atoms with E-state index in [1.807, 2.05) is 19.2 Å². The Morgan fingerprint density at radius 1 is 1.44 bits per heavy atom. The van der Waals surface area contributed by atoms with Crippen molar-refractivity contribution in [3.05, 3.63) is 34.6 Å². The van der Waals surface area contributed by atoms with Crippen LogP contribution in [-0.2, 0) is 13.6 Å². The summed E-state index contributed by atoms with van der Waals surface area (Å²) >= 11 is 5.03. The van der Waals surface area contributed by atoms with Crippen LogP contribution in [0.3, 0.4) is 0 Å². The minimum absolute atomic E-state index is 0.534. The van der Waals surface area contributed by atoms with Crippen LogP contribution in [-0.4, -0.2) is 14.8 Å². The van der Waals surface area contributed by atoms with Gasteiger partial charge in [-0.1, -0.05) is 27.7 Å². The summed E-state index contributed by atoms with van der Waals surface area (Å²) in [6.07, 6.45) is 1.55. The van der Waals surface area contributed by atoms with Crippen molar-refractivity contribution in [2.24, 2.45) is 12.8 Å². The molecule has 1 aromatic carbocycles. The maximum Gasteiger partial charge on any atom is 0.190 e. The van der Waals surface area contributed by atoms with Gasteiger partial charge in [-0.3, -0.25) is 0 Å². The molecule has 0 spiro atoms. The van der Waals surface area contributed by atoms with Crippen molar-refractivity contribution in [2.45, 2.75) is 16.6 Å². The first kappa shape index (κ1) is 11.6. The van der Waals surface area contributed by atoms with Gasteiger partial charge < -0.3 is 5.73 Å². The third kappa shape index (κ3) is 2.63. The molecular weight excluding hydrogens is 288 g/mol. The highest BCUT2D eigenvalue weighted by Crippen LogP contribution is 2.28.